The van der Waals surface area contributed by atoms with E-state index in [9.17, 15) is 0 Å². The van der Waals surface area contributed by atoms with E-state index in [1.165, 1.54) is 0 Å². The Morgan fingerprint density at radius 2 is 2.17 bits per heavy atom. The van der Waals surface area contributed by atoms with E-state index in [0.717, 1.165) is 0 Å². The van der Waals surface area contributed by atoms with E-state index in [0.29, 0.717) is 0 Å². The molecule has 1 N–H and O–H groups in total. The first-order valence-corrected chi connectivity index (χ1v) is 1.64. The van der Waals surface area contributed by atoms with Crippen LogP contribution in [0.2, 0.25) is 0 Å². The molecule has 0 bridgehead atoms. The Labute approximate surface area is 44.1 Å². The molecule has 0 saturated carbocycles. The lowest BCUT2D eigenvalue weighted by molar-refractivity contribution is 0.342. The van der Waals surface area contributed by atoms with Crippen LogP contribution in [0.4, 0.5) is 0 Å². The monoisotopic (exact) mass is 108 g/mol. The van der Waals surface area contributed by atoms with Crippen molar-refractivity contribution in [2.24, 2.45) is 0 Å². The molecule has 2 heteroatoms. The average molecular weight is 109 g/mol. The van der Waals surface area contributed by atoms with E-state index in [-0.39, 0.29) is 19.0 Å². The quantitative estimate of drug-likeness (QED) is 0.497. The van der Waals surface area contributed by atoms with Gasteiger partial charge in [-0.3, -0.25) is 0 Å². The van der Waals surface area contributed by atoms with Crippen molar-refractivity contribution in [3.05, 3.63) is 12.2 Å². The largest absolute Gasteiger partial charge is 0.392 e. The summed E-state index contributed by atoms with van der Waals surface area (Å²) in [5, 5.41) is 7.98. The zero-order valence-corrected chi connectivity index (χ0v) is 4.53. The molecule has 38 valence electrons. The van der Waals surface area contributed by atoms with Crippen molar-refractivity contribution in [3.8, 4) is 0 Å². The zero-order chi connectivity index (χ0) is 4.12. The number of aliphatic hydroxyl groups is 1. The fourth-order valence-electron chi connectivity index (χ4n) is 0.105. The van der Waals surface area contributed by atoms with E-state index in [1.807, 2.05) is 6.92 Å². The first-order valence-electron chi connectivity index (χ1n) is 1.64. The molecule has 0 saturated heterocycles. The molecule has 6 heavy (non-hydrogen) atoms. The van der Waals surface area contributed by atoms with Gasteiger partial charge in [-0.1, -0.05) is 12.2 Å². The summed E-state index contributed by atoms with van der Waals surface area (Å²) in [5.74, 6) is 0. The summed E-state index contributed by atoms with van der Waals surface area (Å²) in [4.78, 5) is 0. The minimum atomic E-state index is 0. The van der Waals surface area contributed by atoms with Gasteiger partial charge in [0.1, 0.15) is 0 Å². The van der Waals surface area contributed by atoms with Crippen molar-refractivity contribution in [3.63, 3.8) is 0 Å². The second kappa shape index (κ2) is 8.89. The van der Waals surface area contributed by atoms with Gasteiger partial charge in [-0.05, 0) is 6.92 Å². The summed E-state index contributed by atoms with van der Waals surface area (Å²) in [6.07, 6.45) is 3.49. The van der Waals surface area contributed by atoms with Crippen LogP contribution in [0.1, 0.15) is 6.92 Å². The molecular formula is C4H9ClO. The van der Waals surface area contributed by atoms with Crippen molar-refractivity contribution in [1.82, 2.24) is 0 Å². The van der Waals surface area contributed by atoms with Gasteiger partial charge in [0.15, 0.2) is 0 Å². The summed E-state index contributed by atoms with van der Waals surface area (Å²) >= 11 is 0. The normalized spacial score (nSPS) is 8.33. The molecule has 0 aliphatic heterocycles. The molecule has 0 heterocycles. The van der Waals surface area contributed by atoms with Crippen molar-refractivity contribution in [2.75, 3.05) is 6.61 Å². The Hall–Kier alpha value is -0.0100. The Balaban J connectivity index is 0. The molecule has 0 aromatic heterocycles. The Morgan fingerprint density at radius 1 is 1.67 bits per heavy atom. The van der Waals surface area contributed by atoms with E-state index >= 15 is 0 Å². The van der Waals surface area contributed by atoms with Crippen LogP contribution in [-0.4, -0.2) is 11.7 Å². The second-order valence-electron chi connectivity index (χ2n) is 0.752. The summed E-state index contributed by atoms with van der Waals surface area (Å²) < 4.78 is 0. The SMILES string of the molecule is CC=CCO.Cl. The van der Waals surface area contributed by atoms with Crippen LogP contribution in [0, 0.1) is 0 Å². The standard InChI is InChI=1S/C4H8O.ClH/c1-2-3-4-5;/h2-3,5H,4H2,1H3;1H. The number of hydrogen-bond donors (Lipinski definition) is 1. The highest BCUT2D eigenvalue weighted by Crippen LogP contribution is 1.60. The summed E-state index contributed by atoms with van der Waals surface area (Å²) in [7, 11) is 0. The Kier molecular flexibility index (Phi) is 13.9. The van der Waals surface area contributed by atoms with Crippen LogP contribution in [-0.2, 0) is 0 Å². The summed E-state index contributed by atoms with van der Waals surface area (Å²) in [6.45, 7) is 2.03. The van der Waals surface area contributed by atoms with Gasteiger partial charge >= 0.3 is 0 Å². The van der Waals surface area contributed by atoms with Gasteiger partial charge in [0.25, 0.3) is 0 Å². The Morgan fingerprint density at radius 3 is 2.17 bits per heavy atom. The van der Waals surface area contributed by atoms with Gasteiger partial charge in [0.2, 0.25) is 0 Å². The molecule has 0 aromatic carbocycles. The number of halogens is 1. The van der Waals surface area contributed by atoms with Crippen molar-refractivity contribution in [2.45, 2.75) is 6.92 Å². The van der Waals surface area contributed by atoms with E-state index < -0.39 is 0 Å². The first-order chi connectivity index (χ1) is 2.41. The fourth-order valence-corrected chi connectivity index (χ4v) is 0.105. The zero-order valence-electron chi connectivity index (χ0n) is 3.72. The average Bonchev–Trinajstić information content (AvgIpc) is 1.41. The highest BCUT2D eigenvalue weighted by Gasteiger charge is 1.52. The van der Waals surface area contributed by atoms with Gasteiger partial charge < -0.3 is 5.11 Å². The molecule has 0 radical (unpaired) electrons. The molecule has 1 nitrogen and oxygen atoms in total. The minimum absolute atomic E-state index is 0. The third kappa shape index (κ3) is 9.01. The molecule has 0 rings (SSSR count). The van der Waals surface area contributed by atoms with Crippen LogP contribution in [0.5, 0.6) is 0 Å². The van der Waals surface area contributed by atoms with Gasteiger partial charge in [-0.25, -0.2) is 0 Å². The van der Waals surface area contributed by atoms with Crippen molar-refractivity contribution >= 4 is 12.4 Å². The number of allylic oxidation sites excluding steroid dienone is 1. The van der Waals surface area contributed by atoms with Crippen LogP contribution in [0.3, 0.4) is 0 Å². The van der Waals surface area contributed by atoms with Crippen LogP contribution in [0.15, 0.2) is 12.2 Å². The smallest absolute Gasteiger partial charge is 0.0612 e. The van der Waals surface area contributed by atoms with Crippen LogP contribution < -0.4 is 0 Å². The van der Waals surface area contributed by atoms with Gasteiger partial charge in [0.05, 0.1) is 6.61 Å². The van der Waals surface area contributed by atoms with E-state index in [1.54, 1.807) is 12.2 Å². The van der Waals surface area contributed by atoms with E-state index in [4.69, 9.17) is 5.11 Å². The lowest BCUT2D eigenvalue weighted by atomic mass is 10.6. The second-order valence-corrected chi connectivity index (χ2v) is 0.752. The predicted molar refractivity (Wildman–Crippen MR) is 29.1 cm³/mol. The fraction of sp³-hybridized carbons (Fsp3) is 0.500. The molecule has 0 unspecified atom stereocenters. The van der Waals surface area contributed by atoms with E-state index in [2.05, 4.69) is 0 Å². The molecule has 0 spiro atoms. The lowest BCUT2D eigenvalue weighted by Crippen LogP contribution is -1.65. The minimum Gasteiger partial charge on any atom is -0.392 e. The van der Waals surface area contributed by atoms with Gasteiger partial charge in [-0.15, -0.1) is 12.4 Å². The maximum Gasteiger partial charge on any atom is 0.0612 e. The van der Waals surface area contributed by atoms with Gasteiger partial charge in [0, 0.05) is 0 Å². The molecule has 0 fully saturated rings. The highest BCUT2D eigenvalue weighted by atomic mass is 35.5. The Bertz CT molecular complexity index is 34.5. The number of hydrogen-bond acceptors (Lipinski definition) is 1. The number of rotatable bonds is 1. The summed E-state index contributed by atoms with van der Waals surface area (Å²) in [5.41, 5.74) is 0. The van der Waals surface area contributed by atoms with Crippen molar-refractivity contribution < 1.29 is 5.11 Å². The molecule has 0 aromatic rings. The molecule has 0 aliphatic rings. The third-order valence-corrected chi connectivity index (χ3v) is 0.341. The van der Waals surface area contributed by atoms with Crippen molar-refractivity contribution in [1.29, 1.82) is 0 Å². The molecule has 0 atom stereocenters. The third-order valence-electron chi connectivity index (χ3n) is 0.341. The summed E-state index contributed by atoms with van der Waals surface area (Å²) in [6, 6.07) is 0. The highest BCUT2D eigenvalue weighted by molar-refractivity contribution is 5.85. The first kappa shape index (κ1) is 9.37. The maximum atomic E-state index is 7.98. The molecule has 0 aliphatic carbocycles. The topological polar surface area (TPSA) is 20.2 Å². The lowest BCUT2D eigenvalue weighted by Gasteiger charge is -1.66. The van der Waals surface area contributed by atoms with Gasteiger partial charge in [-0.2, -0.15) is 0 Å². The number of aliphatic hydroxyl groups excluding tert-OH is 1. The predicted octanol–water partition coefficient (Wildman–Crippen LogP) is 0.977. The van der Waals surface area contributed by atoms with Crippen LogP contribution >= 0.6 is 12.4 Å². The molecular weight excluding hydrogens is 99.5 g/mol. The van der Waals surface area contributed by atoms with Crippen LogP contribution in [0.25, 0.3) is 0 Å². The molecule has 0 amide bonds. The maximum absolute atomic E-state index is 7.98.